The van der Waals surface area contributed by atoms with Gasteiger partial charge >= 0.3 is 0 Å². The van der Waals surface area contributed by atoms with E-state index in [0.29, 0.717) is 23.6 Å². The smallest absolute Gasteiger partial charge is 0.256 e. The summed E-state index contributed by atoms with van der Waals surface area (Å²) in [5, 5.41) is 8.77. The fourth-order valence-electron chi connectivity index (χ4n) is 1.06. The third-order valence-electron chi connectivity index (χ3n) is 1.90. The number of hydrogen-bond donors (Lipinski definition) is 0. The number of hydrogen-bond acceptors (Lipinski definition) is 3. The SMILES string of the molecule is CN(CCC#N)C(=O)c1cnccc1Cl. The van der Waals surface area contributed by atoms with Crippen LogP contribution in [-0.4, -0.2) is 29.4 Å². The molecule has 0 unspecified atom stereocenters. The Labute approximate surface area is 93.1 Å². The van der Waals surface area contributed by atoms with Crippen molar-refractivity contribution in [3.8, 4) is 6.07 Å². The minimum atomic E-state index is -0.219. The summed E-state index contributed by atoms with van der Waals surface area (Å²) in [6.07, 6.45) is 3.25. The Morgan fingerprint density at radius 1 is 1.73 bits per heavy atom. The molecule has 0 saturated carbocycles. The van der Waals surface area contributed by atoms with E-state index in [1.54, 1.807) is 13.1 Å². The molecule has 0 bridgehead atoms. The minimum Gasteiger partial charge on any atom is -0.341 e. The van der Waals surface area contributed by atoms with Crippen molar-refractivity contribution in [2.24, 2.45) is 0 Å². The monoisotopic (exact) mass is 223 g/mol. The molecule has 0 spiro atoms. The summed E-state index contributed by atoms with van der Waals surface area (Å²) in [7, 11) is 1.63. The summed E-state index contributed by atoms with van der Waals surface area (Å²) in [6.45, 7) is 0.389. The Bertz CT molecular complexity index is 400. The van der Waals surface area contributed by atoms with E-state index in [1.807, 2.05) is 6.07 Å². The second kappa shape index (κ2) is 5.32. The van der Waals surface area contributed by atoms with Crippen LogP contribution in [0.15, 0.2) is 18.5 Å². The summed E-state index contributed by atoms with van der Waals surface area (Å²) in [5.41, 5.74) is 0.361. The van der Waals surface area contributed by atoms with Crippen LogP contribution in [0.4, 0.5) is 0 Å². The lowest BCUT2D eigenvalue weighted by Gasteiger charge is -2.15. The molecule has 78 valence electrons. The molecule has 0 radical (unpaired) electrons. The number of aromatic nitrogens is 1. The lowest BCUT2D eigenvalue weighted by Crippen LogP contribution is -2.27. The molecule has 0 N–H and O–H groups in total. The molecule has 0 aliphatic rings. The van der Waals surface area contributed by atoms with E-state index < -0.39 is 0 Å². The molecule has 0 saturated heterocycles. The summed E-state index contributed by atoms with van der Waals surface area (Å²) < 4.78 is 0. The molecular weight excluding hydrogens is 214 g/mol. The first-order chi connectivity index (χ1) is 7.16. The molecule has 0 aliphatic carbocycles. The average Bonchev–Trinajstić information content (AvgIpc) is 2.25. The number of nitriles is 1. The lowest BCUT2D eigenvalue weighted by atomic mass is 10.2. The average molecular weight is 224 g/mol. The second-order valence-corrected chi connectivity index (χ2v) is 3.40. The highest BCUT2D eigenvalue weighted by Crippen LogP contribution is 2.15. The van der Waals surface area contributed by atoms with Gasteiger partial charge in [0, 0.05) is 26.0 Å². The summed E-state index contributed by atoms with van der Waals surface area (Å²) in [6, 6.07) is 3.54. The van der Waals surface area contributed by atoms with E-state index in [1.165, 1.54) is 17.3 Å². The molecule has 1 aromatic rings. The highest BCUT2D eigenvalue weighted by atomic mass is 35.5. The predicted molar refractivity (Wildman–Crippen MR) is 56.4 cm³/mol. The molecule has 5 heteroatoms. The van der Waals surface area contributed by atoms with Crippen molar-refractivity contribution in [1.82, 2.24) is 9.88 Å². The normalized spacial score (nSPS) is 9.40. The van der Waals surface area contributed by atoms with Crippen molar-refractivity contribution >= 4 is 17.5 Å². The van der Waals surface area contributed by atoms with Crippen LogP contribution >= 0.6 is 11.6 Å². The van der Waals surface area contributed by atoms with Crippen molar-refractivity contribution in [1.29, 1.82) is 5.26 Å². The highest BCUT2D eigenvalue weighted by molar-refractivity contribution is 6.33. The molecule has 0 aromatic carbocycles. The minimum absolute atomic E-state index is 0.219. The fraction of sp³-hybridized carbons (Fsp3) is 0.300. The maximum absolute atomic E-state index is 11.8. The van der Waals surface area contributed by atoms with E-state index in [0.717, 1.165) is 0 Å². The van der Waals surface area contributed by atoms with Crippen LogP contribution < -0.4 is 0 Å². The molecule has 0 aliphatic heterocycles. The van der Waals surface area contributed by atoms with E-state index in [2.05, 4.69) is 4.98 Å². The van der Waals surface area contributed by atoms with E-state index in [-0.39, 0.29) is 5.91 Å². The molecule has 0 atom stereocenters. The van der Waals surface area contributed by atoms with Crippen LogP contribution in [0.1, 0.15) is 16.8 Å². The first kappa shape index (κ1) is 11.5. The van der Waals surface area contributed by atoms with Gasteiger partial charge in [-0.2, -0.15) is 5.26 Å². The van der Waals surface area contributed by atoms with Gasteiger partial charge in [0.15, 0.2) is 0 Å². The quantitative estimate of drug-likeness (QED) is 0.784. The van der Waals surface area contributed by atoms with Crippen LogP contribution in [0.25, 0.3) is 0 Å². The Morgan fingerprint density at radius 3 is 3.07 bits per heavy atom. The van der Waals surface area contributed by atoms with Crippen LogP contribution in [0.3, 0.4) is 0 Å². The lowest BCUT2D eigenvalue weighted by molar-refractivity contribution is 0.0798. The predicted octanol–water partition coefficient (Wildman–Crippen LogP) is 1.72. The number of amides is 1. The van der Waals surface area contributed by atoms with E-state index in [4.69, 9.17) is 16.9 Å². The maximum Gasteiger partial charge on any atom is 0.256 e. The summed E-state index contributed by atoms with van der Waals surface area (Å²) in [4.78, 5) is 17.0. The zero-order chi connectivity index (χ0) is 11.3. The van der Waals surface area contributed by atoms with Crippen molar-refractivity contribution in [2.45, 2.75) is 6.42 Å². The van der Waals surface area contributed by atoms with Crippen LogP contribution in [0.5, 0.6) is 0 Å². The maximum atomic E-state index is 11.8. The standard InChI is InChI=1S/C10H10ClN3O/c1-14(6-2-4-12)10(15)8-7-13-5-3-9(8)11/h3,5,7H,2,6H2,1H3. The molecule has 4 nitrogen and oxygen atoms in total. The molecule has 15 heavy (non-hydrogen) atoms. The van der Waals surface area contributed by atoms with Gasteiger partial charge in [-0.05, 0) is 6.07 Å². The molecule has 1 aromatic heterocycles. The van der Waals surface area contributed by atoms with Gasteiger partial charge in [-0.25, -0.2) is 0 Å². The Kier molecular flexibility index (Phi) is 4.07. The zero-order valence-electron chi connectivity index (χ0n) is 8.27. The van der Waals surface area contributed by atoms with Gasteiger partial charge < -0.3 is 4.90 Å². The van der Waals surface area contributed by atoms with Crippen molar-refractivity contribution in [3.63, 3.8) is 0 Å². The third-order valence-corrected chi connectivity index (χ3v) is 2.23. The van der Waals surface area contributed by atoms with E-state index in [9.17, 15) is 4.79 Å². The Morgan fingerprint density at radius 2 is 2.47 bits per heavy atom. The van der Waals surface area contributed by atoms with Crippen molar-refractivity contribution in [2.75, 3.05) is 13.6 Å². The number of halogens is 1. The van der Waals surface area contributed by atoms with Gasteiger partial charge in [0.1, 0.15) is 0 Å². The van der Waals surface area contributed by atoms with Gasteiger partial charge in [-0.15, -0.1) is 0 Å². The molecule has 1 rings (SSSR count). The third kappa shape index (κ3) is 2.93. The fourth-order valence-corrected chi connectivity index (χ4v) is 1.25. The number of nitrogens with zero attached hydrogens (tertiary/aromatic N) is 3. The second-order valence-electron chi connectivity index (χ2n) is 2.99. The van der Waals surface area contributed by atoms with Gasteiger partial charge in [0.25, 0.3) is 5.91 Å². The van der Waals surface area contributed by atoms with Gasteiger partial charge in [-0.1, -0.05) is 11.6 Å². The number of rotatable bonds is 3. The van der Waals surface area contributed by atoms with Crippen molar-refractivity contribution < 1.29 is 4.79 Å². The van der Waals surface area contributed by atoms with Gasteiger partial charge in [0.2, 0.25) is 0 Å². The van der Waals surface area contributed by atoms with Gasteiger partial charge in [-0.3, -0.25) is 9.78 Å². The first-order valence-corrected chi connectivity index (χ1v) is 4.76. The first-order valence-electron chi connectivity index (χ1n) is 4.38. The zero-order valence-corrected chi connectivity index (χ0v) is 9.03. The van der Waals surface area contributed by atoms with Crippen molar-refractivity contribution in [3.05, 3.63) is 29.0 Å². The number of pyridine rings is 1. The molecule has 1 heterocycles. The summed E-state index contributed by atoms with van der Waals surface area (Å²) in [5.74, 6) is -0.219. The number of carbonyl (C=O) groups is 1. The van der Waals surface area contributed by atoms with E-state index >= 15 is 0 Å². The topological polar surface area (TPSA) is 57.0 Å². The number of carbonyl (C=O) groups excluding carboxylic acids is 1. The Hall–Kier alpha value is -1.60. The largest absolute Gasteiger partial charge is 0.341 e. The molecular formula is C10H10ClN3O. The van der Waals surface area contributed by atoms with Crippen LogP contribution in [0, 0.1) is 11.3 Å². The molecule has 0 fully saturated rings. The van der Waals surface area contributed by atoms with Gasteiger partial charge in [0.05, 0.1) is 23.1 Å². The highest BCUT2D eigenvalue weighted by Gasteiger charge is 2.14. The summed E-state index contributed by atoms with van der Waals surface area (Å²) >= 11 is 5.84. The van der Waals surface area contributed by atoms with Crippen LogP contribution in [0.2, 0.25) is 5.02 Å². The Balaban J connectivity index is 2.77. The van der Waals surface area contributed by atoms with Crippen LogP contribution in [-0.2, 0) is 0 Å². The molecule has 1 amide bonds.